The van der Waals surface area contributed by atoms with Crippen LogP contribution in [0.2, 0.25) is 0 Å². The molecule has 5 rings (SSSR count). The highest BCUT2D eigenvalue weighted by Crippen LogP contribution is 2.40. The summed E-state index contributed by atoms with van der Waals surface area (Å²) in [6.45, 7) is 0.846. The van der Waals surface area contributed by atoms with Crippen molar-refractivity contribution in [2.24, 2.45) is 0 Å². The Labute approximate surface area is 193 Å². The molecule has 0 N–H and O–H groups in total. The number of benzene rings is 3. The van der Waals surface area contributed by atoms with Gasteiger partial charge in [0, 0.05) is 27.7 Å². The number of aromatic nitrogens is 1. The van der Waals surface area contributed by atoms with Gasteiger partial charge in [0.05, 0.1) is 29.6 Å². The lowest BCUT2D eigenvalue weighted by Gasteiger charge is -2.32. The van der Waals surface area contributed by atoms with Crippen LogP contribution in [0.25, 0.3) is 22.2 Å². The number of pyridine rings is 1. The number of esters is 1. The zero-order valence-electron chi connectivity index (χ0n) is 17.4. The van der Waals surface area contributed by atoms with Crippen molar-refractivity contribution in [2.75, 3.05) is 18.6 Å². The fourth-order valence-electron chi connectivity index (χ4n) is 4.26. The van der Waals surface area contributed by atoms with E-state index in [1.54, 1.807) is 18.2 Å². The van der Waals surface area contributed by atoms with Crippen molar-refractivity contribution in [3.05, 3.63) is 88.1 Å². The normalized spacial score (nSPS) is 13.2. The van der Waals surface area contributed by atoms with Gasteiger partial charge in [0.15, 0.2) is 0 Å². The van der Waals surface area contributed by atoms with Gasteiger partial charge in [0.25, 0.3) is 0 Å². The molecule has 32 heavy (non-hydrogen) atoms. The molecule has 0 atom stereocenters. The van der Waals surface area contributed by atoms with Crippen molar-refractivity contribution in [2.45, 2.75) is 12.8 Å². The number of carbonyl (C=O) groups is 1. The SMILES string of the molecule is COC(=O)c1ccc2nc(-c3ccc(F)cc3)cc(N3CCCc4cc(Br)ccc43)c2c1. The van der Waals surface area contributed by atoms with E-state index < -0.39 is 0 Å². The lowest BCUT2D eigenvalue weighted by molar-refractivity contribution is 0.0601. The lowest BCUT2D eigenvalue weighted by atomic mass is 9.99. The third-order valence-corrected chi connectivity index (χ3v) is 6.29. The van der Waals surface area contributed by atoms with E-state index in [2.05, 4.69) is 33.0 Å². The molecule has 0 saturated heterocycles. The van der Waals surface area contributed by atoms with Gasteiger partial charge in [-0.25, -0.2) is 14.2 Å². The molecule has 1 aliphatic rings. The number of hydrogen-bond donors (Lipinski definition) is 0. The summed E-state index contributed by atoms with van der Waals surface area (Å²) in [6.07, 6.45) is 2.02. The minimum atomic E-state index is -0.386. The highest BCUT2D eigenvalue weighted by atomic mass is 79.9. The standard InChI is InChI=1S/C26H20BrFN2O2/c1-32-26(31)18-6-10-22-21(14-18)25(15-23(29-22)16-4-8-20(28)9-5-16)30-12-2-3-17-13-19(27)7-11-24(17)30/h4-11,13-15H,2-3,12H2,1H3. The molecule has 0 saturated carbocycles. The average Bonchev–Trinajstić information content (AvgIpc) is 2.82. The molecule has 6 heteroatoms. The Balaban J connectivity index is 1.75. The molecule has 0 fully saturated rings. The third kappa shape index (κ3) is 3.75. The maximum Gasteiger partial charge on any atom is 0.337 e. The Hall–Kier alpha value is -3.25. The van der Waals surface area contributed by atoms with Gasteiger partial charge in [-0.1, -0.05) is 15.9 Å². The zero-order chi connectivity index (χ0) is 22.2. The molecule has 0 bridgehead atoms. The first-order chi connectivity index (χ1) is 15.5. The molecule has 1 aliphatic heterocycles. The first kappa shape index (κ1) is 20.6. The average molecular weight is 491 g/mol. The molecular formula is C26H20BrFN2O2. The molecule has 0 unspecified atom stereocenters. The van der Waals surface area contributed by atoms with Crippen LogP contribution < -0.4 is 4.90 Å². The third-order valence-electron chi connectivity index (χ3n) is 5.80. The van der Waals surface area contributed by atoms with Crippen LogP contribution in [0.4, 0.5) is 15.8 Å². The van der Waals surface area contributed by atoms with E-state index >= 15 is 0 Å². The van der Waals surface area contributed by atoms with Crippen molar-refractivity contribution in [3.8, 4) is 11.3 Å². The summed E-state index contributed by atoms with van der Waals surface area (Å²) in [6, 6.07) is 20.1. The monoisotopic (exact) mass is 490 g/mol. The number of anilines is 2. The zero-order valence-corrected chi connectivity index (χ0v) is 19.0. The second kappa shape index (κ2) is 8.36. The van der Waals surface area contributed by atoms with Gasteiger partial charge < -0.3 is 9.64 Å². The van der Waals surface area contributed by atoms with E-state index in [1.165, 1.54) is 24.8 Å². The van der Waals surface area contributed by atoms with E-state index in [4.69, 9.17) is 9.72 Å². The Morgan fingerprint density at radius 3 is 2.62 bits per heavy atom. The van der Waals surface area contributed by atoms with Gasteiger partial charge in [0.1, 0.15) is 5.82 Å². The van der Waals surface area contributed by atoms with Crippen LogP contribution in [0.15, 0.2) is 71.2 Å². The minimum absolute atomic E-state index is 0.284. The number of carbonyl (C=O) groups excluding carboxylic acids is 1. The molecule has 3 aromatic carbocycles. The molecular weight excluding hydrogens is 471 g/mol. The maximum atomic E-state index is 13.5. The Morgan fingerprint density at radius 2 is 1.84 bits per heavy atom. The van der Waals surface area contributed by atoms with Gasteiger partial charge in [0.2, 0.25) is 0 Å². The van der Waals surface area contributed by atoms with Crippen LogP contribution in [-0.4, -0.2) is 24.6 Å². The fourth-order valence-corrected chi connectivity index (χ4v) is 4.67. The van der Waals surface area contributed by atoms with Gasteiger partial charge in [-0.05, 0) is 85.1 Å². The first-order valence-corrected chi connectivity index (χ1v) is 11.2. The van der Waals surface area contributed by atoms with Crippen LogP contribution in [0.1, 0.15) is 22.3 Å². The van der Waals surface area contributed by atoms with Crippen LogP contribution in [0, 0.1) is 5.82 Å². The number of aryl methyl sites for hydroxylation is 1. The summed E-state index contributed by atoms with van der Waals surface area (Å²) in [5.74, 6) is -0.670. The predicted octanol–water partition coefficient (Wildman–Crippen LogP) is 6.67. The molecule has 4 nitrogen and oxygen atoms in total. The van der Waals surface area contributed by atoms with Crippen LogP contribution in [0.3, 0.4) is 0 Å². The fraction of sp³-hybridized carbons (Fsp3) is 0.154. The van der Waals surface area contributed by atoms with Crippen LogP contribution in [-0.2, 0) is 11.2 Å². The van der Waals surface area contributed by atoms with Crippen molar-refractivity contribution >= 4 is 44.2 Å². The van der Waals surface area contributed by atoms with Gasteiger partial charge >= 0.3 is 5.97 Å². The Morgan fingerprint density at radius 1 is 1.03 bits per heavy atom. The highest BCUT2D eigenvalue weighted by molar-refractivity contribution is 9.10. The molecule has 0 radical (unpaired) electrons. The van der Waals surface area contributed by atoms with E-state index in [-0.39, 0.29) is 11.8 Å². The second-order valence-electron chi connectivity index (χ2n) is 7.79. The number of rotatable bonds is 3. The minimum Gasteiger partial charge on any atom is -0.465 e. The van der Waals surface area contributed by atoms with E-state index in [9.17, 15) is 9.18 Å². The van der Waals surface area contributed by atoms with Crippen molar-refractivity contribution < 1.29 is 13.9 Å². The summed E-state index contributed by atoms with van der Waals surface area (Å²) in [5, 5.41) is 0.870. The molecule has 0 aliphatic carbocycles. The predicted molar refractivity (Wildman–Crippen MR) is 128 cm³/mol. The Bertz CT molecular complexity index is 1340. The summed E-state index contributed by atoms with van der Waals surface area (Å²) < 4.78 is 19.5. The molecule has 0 amide bonds. The molecule has 2 heterocycles. The topological polar surface area (TPSA) is 42.4 Å². The van der Waals surface area contributed by atoms with Gasteiger partial charge in [-0.3, -0.25) is 0 Å². The summed E-state index contributed by atoms with van der Waals surface area (Å²) in [5.41, 5.74) is 6.19. The number of nitrogens with zero attached hydrogens (tertiary/aromatic N) is 2. The largest absolute Gasteiger partial charge is 0.465 e. The van der Waals surface area contributed by atoms with E-state index in [1.807, 2.05) is 24.3 Å². The number of halogens is 2. The number of hydrogen-bond acceptors (Lipinski definition) is 4. The van der Waals surface area contributed by atoms with Crippen molar-refractivity contribution in [1.29, 1.82) is 0 Å². The maximum absolute atomic E-state index is 13.5. The smallest absolute Gasteiger partial charge is 0.337 e. The van der Waals surface area contributed by atoms with Crippen LogP contribution >= 0.6 is 15.9 Å². The van der Waals surface area contributed by atoms with Gasteiger partial charge in [-0.15, -0.1) is 0 Å². The van der Waals surface area contributed by atoms with Crippen LogP contribution in [0.5, 0.6) is 0 Å². The Kier molecular flexibility index (Phi) is 5.39. The quantitative estimate of drug-likeness (QED) is 0.300. The van der Waals surface area contributed by atoms with Crippen molar-refractivity contribution in [1.82, 2.24) is 4.98 Å². The lowest BCUT2D eigenvalue weighted by Crippen LogP contribution is -2.25. The first-order valence-electron chi connectivity index (χ1n) is 10.4. The number of fused-ring (bicyclic) bond motifs is 2. The summed E-state index contributed by atoms with van der Waals surface area (Å²) in [7, 11) is 1.38. The summed E-state index contributed by atoms with van der Waals surface area (Å²) in [4.78, 5) is 19.3. The van der Waals surface area contributed by atoms with Crippen molar-refractivity contribution in [3.63, 3.8) is 0 Å². The number of ether oxygens (including phenoxy) is 1. The number of methoxy groups -OCH3 is 1. The highest BCUT2D eigenvalue weighted by Gasteiger charge is 2.22. The van der Waals surface area contributed by atoms with Gasteiger partial charge in [-0.2, -0.15) is 0 Å². The second-order valence-corrected chi connectivity index (χ2v) is 8.70. The molecule has 0 spiro atoms. The molecule has 4 aromatic rings. The van der Waals surface area contributed by atoms with E-state index in [0.29, 0.717) is 5.56 Å². The molecule has 160 valence electrons. The molecule has 1 aromatic heterocycles. The van der Waals surface area contributed by atoms with E-state index in [0.717, 1.165) is 57.4 Å². The summed E-state index contributed by atoms with van der Waals surface area (Å²) >= 11 is 3.58.